The summed E-state index contributed by atoms with van der Waals surface area (Å²) in [4.78, 5) is 4.20. The number of hydrogen-bond donors (Lipinski definition) is 2. The Kier molecular flexibility index (Phi) is 2.34. The number of aromatic nitrogens is 2. The van der Waals surface area contributed by atoms with E-state index in [9.17, 15) is 0 Å². The van der Waals surface area contributed by atoms with E-state index in [-0.39, 0.29) is 6.04 Å². The Balaban J connectivity index is 2.31. The fraction of sp³-hybridized carbons (Fsp3) is 0.222. The van der Waals surface area contributed by atoms with Crippen LogP contribution in [0.5, 0.6) is 0 Å². The molecule has 0 aliphatic heterocycles. The third-order valence-corrected chi connectivity index (χ3v) is 2.01. The first-order valence-corrected chi connectivity index (χ1v) is 4.28. The van der Waals surface area contributed by atoms with E-state index in [0.29, 0.717) is 0 Å². The summed E-state index contributed by atoms with van der Waals surface area (Å²) >= 11 is 0. The SMILES string of the molecule is Cn1cnc(C(NN)c2ccco2)c1. The lowest BCUT2D eigenvalue weighted by atomic mass is 10.2. The predicted molar refractivity (Wildman–Crippen MR) is 51.1 cm³/mol. The molecule has 3 N–H and O–H groups in total. The summed E-state index contributed by atoms with van der Waals surface area (Å²) in [7, 11) is 1.91. The maximum atomic E-state index is 5.45. The molecule has 14 heavy (non-hydrogen) atoms. The van der Waals surface area contributed by atoms with Gasteiger partial charge in [-0.15, -0.1) is 0 Å². The molecule has 0 aromatic carbocycles. The first-order chi connectivity index (χ1) is 6.81. The predicted octanol–water partition coefficient (Wildman–Crippen LogP) is 0.566. The van der Waals surface area contributed by atoms with Crippen molar-refractivity contribution in [2.75, 3.05) is 0 Å². The van der Waals surface area contributed by atoms with Crippen LogP contribution in [0.25, 0.3) is 0 Å². The molecule has 1 atom stereocenters. The van der Waals surface area contributed by atoms with Crippen LogP contribution in [0.4, 0.5) is 0 Å². The van der Waals surface area contributed by atoms with Crippen LogP contribution < -0.4 is 11.3 Å². The molecular weight excluding hydrogens is 180 g/mol. The van der Waals surface area contributed by atoms with Crippen LogP contribution in [0.15, 0.2) is 35.3 Å². The summed E-state index contributed by atoms with van der Waals surface area (Å²) in [5.41, 5.74) is 3.50. The lowest BCUT2D eigenvalue weighted by Gasteiger charge is -2.09. The van der Waals surface area contributed by atoms with Crippen LogP contribution in [0.3, 0.4) is 0 Å². The van der Waals surface area contributed by atoms with Gasteiger partial charge in [0.2, 0.25) is 0 Å². The van der Waals surface area contributed by atoms with Crippen molar-refractivity contribution in [1.82, 2.24) is 15.0 Å². The molecule has 0 bridgehead atoms. The van der Waals surface area contributed by atoms with Crippen LogP contribution in [0.2, 0.25) is 0 Å². The number of nitrogens with zero attached hydrogens (tertiary/aromatic N) is 2. The minimum Gasteiger partial charge on any atom is -0.467 e. The molecule has 0 saturated heterocycles. The van der Waals surface area contributed by atoms with Gasteiger partial charge in [-0.2, -0.15) is 0 Å². The lowest BCUT2D eigenvalue weighted by molar-refractivity contribution is 0.448. The zero-order valence-corrected chi connectivity index (χ0v) is 7.84. The summed E-state index contributed by atoms with van der Waals surface area (Å²) in [6.45, 7) is 0. The molecule has 0 amide bonds. The summed E-state index contributed by atoms with van der Waals surface area (Å²) in [6, 6.07) is 3.49. The van der Waals surface area contributed by atoms with Crippen molar-refractivity contribution in [3.05, 3.63) is 42.4 Å². The van der Waals surface area contributed by atoms with E-state index >= 15 is 0 Å². The first kappa shape index (κ1) is 8.98. The zero-order valence-electron chi connectivity index (χ0n) is 7.84. The molecule has 1 unspecified atom stereocenters. The highest BCUT2D eigenvalue weighted by Crippen LogP contribution is 2.19. The van der Waals surface area contributed by atoms with E-state index in [0.717, 1.165) is 11.5 Å². The molecule has 0 saturated carbocycles. The number of rotatable bonds is 3. The van der Waals surface area contributed by atoms with Crippen molar-refractivity contribution in [2.24, 2.45) is 12.9 Å². The molecular formula is C9H12N4O. The first-order valence-electron chi connectivity index (χ1n) is 4.28. The third kappa shape index (κ3) is 1.55. The van der Waals surface area contributed by atoms with Gasteiger partial charge in [-0.05, 0) is 12.1 Å². The van der Waals surface area contributed by atoms with E-state index < -0.39 is 0 Å². The molecule has 2 aromatic heterocycles. The second kappa shape index (κ2) is 3.65. The second-order valence-electron chi connectivity index (χ2n) is 3.08. The number of hydrogen-bond acceptors (Lipinski definition) is 4. The number of aryl methyl sites for hydroxylation is 1. The quantitative estimate of drug-likeness (QED) is 0.551. The maximum absolute atomic E-state index is 5.45. The summed E-state index contributed by atoms with van der Waals surface area (Å²) < 4.78 is 7.12. The van der Waals surface area contributed by atoms with E-state index in [4.69, 9.17) is 10.3 Å². The fourth-order valence-corrected chi connectivity index (χ4v) is 1.35. The molecule has 5 nitrogen and oxygen atoms in total. The maximum Gasteiger partial charge on any atom is 0.128 e. The van der Waals surface area contributed by atoms with E-state index in [1.54, 1.807) is 12.6 Å². The van der Waals surface area contributed by atoms with E-state index in [2.05, 4.69) is 10.4 Å². The number of imidazole rings is 1. The Morgan fingerprint density at radius 3 is 3.00 bits per heavy atom. The lowest BCUT2D eigenvalue weighted by Crippen LogP contribution is -2.28. The molecule has 2 aromatic rings. The third-order valence-electron chi connectivity index (χ3n) is 2.01. The van der Waals surface area contributed by atoms with Gasteiger partial charge in [-0.25, -0.2) is 10.4 Å². The average Bonchev–Trinajstić information content (AvgIpc) is 2.79. The van der Waals surface area contributed by atoms with Gasteiger partial charge in [-0.1, -0.05) is 0 Å². The summed E-state index contributed by atoms with van der Waals surface area (Å²) in [5.74, 6) is 6.20. The van der Waals surface area contributed by atoms with Crippen molar-refractivity contribution in [1.29, 1.82) is 0 Å². The topological polar surface area (TPSA) is 69.0 Å². The smallest absolute Gasteiger partial charge is 0.128 e. The standard InChI is InChI=1S/C9H12N4O/c1-13-5-7(11-6-13)9(12-10)8-3-2-4-14-8/h2-6,9,12H,10H2,1H3. The summed E-state index contributed by atoms with van der Waals surface area (Å²) in [6.07, 6.45) is 5.23. The Morgan fingerprint density at radius 1 is 1.64 bits per heavy atom. The average molecular weight is 192 g/mol. The van der Waals surface area contributed by atoms with Gasteiger partial charge in [0.25, 0.3) is 0 Å². The minimum atomic E-state index is -0.189. The molecule has 0 aliphatic rings. The number of hydrazine groups is 1. The minimum absolute atomic E-state index is 0.189. The number of nitrogens with two attached hydrogens (primary N) is 1. The van der Waals surface area contributed by atoms with Crippen LogP contribution in [0, 0.1) is 0 Å². The van der Waals surface area contributed by atoms with Crippen LogP contribution in [-0.2, 0) is 7.05 Å². The molecule has 0 fully saturated rings. The highest BCUT2D eigenvalue weighted by Gasteiger charge is 2.16. The van der Waals surface area contributed by atoms with Gasteiger partial charge < -0.3 is 8.98 Å². The monoisotopic (exact) mass is 192 g/mol. The van der Waals surface area contributed by atoms with Crippen LogP contribution in [0.1, 0.15) is 17.5 Å². The Hall–Kier alpha value is -1.59. The molecule has 74 valence electrons. The molecule has 0 aliphatic carbocycles. The largest absolute Gasteiger partial charge is 0.467 e. The van der Waals surface area contributed by atoms with Crippen molar-refractivity contribution in [3.63, 3.8) is 0 Å². The molecule has 5 heteroatoms. The Labute approximate surface area is 81.5 Å². The number of nitrogens with one attached hydrogen (secondary N) is 1. The van der Waals surface area contributed by atoms with Crippen molar-refractivity contribution in [3.8, 4) is 0 Å². The fourth-order valence-electron chi connectivity index (χ4n) is 1.35. The molecule has 0 radical (unpaired) electrons. The molecule has 2 rings (SSSR count). The van der Waals surface area contributed by atoms with E-state index in [1.165, 1.54) is 0 Å². The molecule has 0 spiro atoms. The van der Waals surface area contributed by atoms with Crippen molar-refractivity contribution < 1.29 is 4.42 Å². The van der Waals surface area contributed by atoms with Gasteiger partial charge in [0.15, 0.2) is 0 Å². The normalized spacial score (nSPS) is 13.0. The number of furan rings is 1. The second-order valence-corrected chi connectivity index (χ2v) is 3.08. The van der Waals surface area contributed by atoms with E-state index in [1.807, 2.05) is 29.9 Å². The van der Waals surface area contributed by atoms with Crippen LogP contribution >= 0.6 is 0 Å². The highest BCUT2D eigenvalue weighted by molar-refractivity contribution is 5.17. The molecule has 2 heterocycles. The zero-order chi connectivity index (χ0) is 9.97. The van der Waals surface area contributed by atoms with Crippen LogP contribution in [-0.4, -0.2) is 9.55 Å². The van der Waals surface area contributed by atoms with Gasteiger partial charge in [-0.3, -0.25) is 5.84 Å². The van der Waals surface area contributed by atoms with Gasteiger partial charge in [0.1, 0.15) is 11.8 Å². The van der Waals surface area contributed by atoms with Crippen molar-refractivity contribution >= 4 is 0 Å². The Morgan fingerprint density at radius 2 is 2.50 bits per heavy atom. The van der Waals surface area contributed by atoms with Crippen molar-refractivity contribution in [2.45, 2.75) is 6.04 Å². The van der Waals surface area contributed by atoms with Gasteiger partial charge >= 0.3 is 0 Å². The highest BCUT2D eigenvalue weighted by atomic mass is 16.3. The Bertz CT molecular complexity index is 393. The van der Waals surface area contributed by atoms with Gasteiger partial charge in [0, 0.05) is 13.2 Å². The summed E-state index contributed by atoms with van der Waals surface area (Å²) in [5, 5.41) is 0. The van der Waals surface area contributed by atoms with Gasteiger partial charge in [0.05, 0.1) is 18.3 Å².